The molecule has 136 valence electrons. The van der Waals surface area contributed by atoms with Gasteiger partial charge in [0.25, 0.3) is 5.91 Å². The average Bonchev–Trinajstić information content (AvgIpc) is 2.98. The van der Waals surface area contributed by atoms with Crippen molar-refractivity contribution < 1.29 is 9.18 Å². The maximum absolute atomic E-state index is 13.3. The van der Waals surface area contributed by atoms with Gasteiger partial charge in [0.15, 0.2) is 5.69 Å². The Bertz CT molecular complexity index is 759. The topological polar surface area (TPSA) is 63.1 Å². The lowest BCUT2D eigenvalue weighted by molar-refractivity contribution is 0.0700. The Morgan fingerprint density at radius 1 is 1.36 bits per heavy atom. The number of halogens is 3. The Labute approximate surface area is 156 Å². The van der Waals surface area contributed by atoms with Crippen LogP contribution in [0, 0.1) is 12.7 Å². The van der Waals surface area contributed by atoms with Crippen LogP contribution in [0.2, 0.25) is 5.02 Å². The predicted molar refractivity (Wildman–Crippen MR) is 96.3 cm³/mol. The van der Waals surface area contributed by atoms with Gasteiger partial charge in [-0.2, -0.15) is 0 Å². The first-order valence-electron chi connectivity index (χ1n) is 7.85. The second-order valence-electron chi connectivity index (χ2n) is 5.89. The van der Waals surface area contributed by atoms with Gasteiger partial charge < -0.3 is 10.2 Å². The molecule has 0 radical (unpaired) electrons. The SMILES string of the molecule is CNC1CCN(C(=O)c2nnn(-c3ccc(F)c(Cl)c3)c2C)CC1.Cl. The molecule has 0 atom stereocenters. The number of likely N-dealkylation sites (tertiary alicyclic amines) is 1. The van der Waals surface area contributed by atoms with E-state index in [4.69, 9.17) is 11.6 Å². The normalized spacial score (nSPS) is 15.1. The zero-order chi connectivity index (χ0) is 17.3. The molecule has 0 saturated carbocycles. The lowest BCUT2D eigenvalue weighted by atomic mass is 10.0. The summed E-state index contributed by atoms with van der Waals surface area (Å²) in [5, 5.41) is 11.3. The van der Waals surface area contributed by atoms with E-state index in [0.717, 1.165) is 12.8 Å². The number of aromatic nitrogens is 3. The fraction of sp³-hybridized carbons (Fsp3) is 0.438. The zero-order valence-corrected chi connectivity index (χ0v) is 15.6. The number of nitrogens with zero attached hydrogens (tertiary/aromatic N) is 4. The number of amides is 1. The summed E-state index contributed by atoms with van der Waals surface area (Å²) in [6.45, 7) is 3.16. The third-order valence-corrected chi connectivity index (χ3v) is 4.72. The Kier molecular flexibility index (Phi) is 6.37. The number of piperidine rings is 1. The van der Waals surface area contributed by atoms with Gasteiger partial charge in [-0.25, -0.2) is 9.07 Å². The van der Waals surface area contributed by atoms with Crippen molar-refractivity contribution in [3.8, 4) is 5.69 Å². The number of carbonyl (C=O) groups excluding carboxylic acids is 1. The summed E-state index contributed by atoms with van der Waals surface area (Å²) in [6.07, 6.45) is 1.84. The van der Waals surface area contributed by atoms with E-state index in [2.05, 4.69) is 15.6 Å². The van der Waals surface area contributed by atoms with Gasteiger partial charge in [-0.1, -0.05) is 16.8 Å². The van der Waals surface area contributed by atoms with Crippen LogP contribution in [0.4, 0.5) is 4.39 Å². The molecule has 1 saturated heterocycles. The highest BCUT2D eigenvalue weighted by atomic mass is 35.5. The van der Waals surface area contributed by atoms with Gasteiger partial charge in [-0.3, -0.25) is 4.79 Å². The summed E-state index contributed by atoms with van der Waals surface area (Å²) in [7, 11) is 1.94. The lowest BCUT2D eigenvalue weighted by Gasteiger charge is -2.31. The molecule has 1 fully saturated rings. The van der Waals surface area contributed by atoms with Gasteiger partial charge in [-0.15, -0.1) is 17.5 Å². The molecule has 1 amide bonds. The van der Waals surface area contributed by atoms with Gasteiger partial charge in [-0.05, 0) is 45.0 Å². The van der Waals surface area contributed by atoms with Crippen LogP contribution in [0.25, 0.3) is 5.69 Å². The molecule has 9 heteroatoms. The van der Waals surface area contributed by atoms with Crippen molar-refractivity contribution in [2.75, 3.05) is 20.1 Å². The van der Waals surface area contributed by atoms with Crippen LogP contribution < -0.4 is 5.32 Å². The molecule has 1 aliphatic heterocycles. The van der Waals surface area contributed by atoms with Crippen LogP contribution in [0.15, 0.2) is 18.2 Å². The quantitative estimate of drug-likeness (QED) is 0.878. The number of hydrogen-bond donors (Lipinski definition) is 1. The zero-order valence-electron chi connectivity index (χ0n) is 14.0. The monoisotopic (exact) mass is 387 g/mol. The molecule has 6 nitrogen and oxygen atoms in total. The molecular weight excluding hydrogens is 368 g/mol. The van der Waals surface area contributed by atoms with Crippen molar-refractivity contribution >= 4 is 29.9 Å². The maximum Gasteiger partial charge on any atom is 0.276 e. The van der Waals surface area contributed by atoms with E-state index in [1.165, 1.54) is 16.8 Å². The molecule has 2 aromatic rings. The third-order valence-electron chi connectivity index (χ3n) is 4.44. The van der Waals surface area contributed by atoms with Crippen LogP contribution in [0.5, 0.6) is 0 Å². The van der Waals surface area contributed by atoms with Gasteiger partial charge in [0.1, 0.15) is 5.82 Å². The largest absolute Gasteiger partial charge is 0.337 e. The minimum Gasteiger partial charge on any atom is -0.337 e. The van der Waals surface area contributed by atoms with Crippen LogP contribution in [-0.4, -0.2) is 52.0 Å². The second kappa shape index (κ2) is 8.12. The van der Waals surface area contributed by atoms with E-state index in [1.807, 2.05) is 7.05 Å². The average molecular weight is 388 g/mol. The Balaban J connectivity index is 0.00000225. The Hall–Kier alpha value is -1.70. The van der Waals surface area contributed by atoms with Gasteiger partial charge in [0.05, 0.1) is 16.4 Å². The van der Waals surface area contributed by atoms with Crippen LogP contribution in [-0.2, 0) is 0 Å². The standard InChI is InChI=1S/C16H19ClFN5O.ClH/c1-10-15(16(24)22-7-5-11(19-2)6-8-22)20-21-23(10)12-3-4-14(18)13(17)9-12;/h3-4,9,11,19H,5-8H2,1-2H3;1H. The van der Waals surface area contributed by atoms with E-state index in [1.54, 1.807) is 17.9 Å². The van der Waals surface area contributed by atoms with Crippen molar-refractivity contribution in [1.82, 2.24) is 25.2 Å². The number of hydrogen-bond acceptors (Lipinski definition) is 4. The summed E-state index contributed by atoms with van der Waals surface area (Å²) in [5.74, 6) is -0.622. The summed E-state index contributed by atoms with van der Waals surface area (Å²) in [6, 6.07) is 4.73. The predicted octanol–water partition coefficient (Wildman–Crippen LogP) is 2.61. The summed E-state index contributed by atoms with van der Waals surface area (Å²) in [4.78, 5) is 14.5. The van der Waals surface area contributed by atoms with Crippen LogP contribution in [0.3, 0.4) is 0 Å². The summed E-state index contributed by atoms with van der Waals surface area (Å²) < 4.78 is 14.8. The van der Waals surface area contributed by atoms with Crippen molar-refractivity contribution in [2.45, 2.75) is 25.8 Å². The fourth-order valence-electron chi connectivity index (χ4n) is 2.91. The number of nitrogens with one attached hydrogen (secondary N) is 1. The van der Waals surface area contributed by atoms with Gasteiger partial charge in [0, 0.05) is 19.1 Å². The minimum atomic E-state index is -0.498. The fourth-order valence-corrected chi connectivity index (χ4v) is 3.08. The van der Waals surface area contributed by atoms with Crippen molar-refractivity contribution in [3.05, 3.63) is 40.4 Å². The highest BCUT2D eigenvalue weighted by Gasteiger charge is 2.26. The summed E-state index contributed by atoms with van der Waals surface area (Å²) in [5.41, 5.74) is 1.50. The smallest absolute Gasteiger partial charge is 0.276 e. The van der Waals surface area contributed by atoms with Gasteiger partial charge >= 0.3 is 0 Å². The van der Waals surface area contributed by atoms with Crippen molar-refractivity contribution in [1.29, 1.82) is 0 Å². The Morgan fingerprint density at radius 2 is 2.04 bits per heavy atom. The number of rotatable bonds is 3. The van der Waals surface area contributed by atoms with E-state index in [-0.39, 0.29) is 23.3 Å². The van der Waals surface area contributed by atoms with E-state index >= 15 is 0 Å². The molecule has 0 unspecified atom stereocenters. The first kappa shape index (κ1) is 19.6. The summed E-state index contributed by atoms with van der Waals surface area (Å²) >= 11 is 5.82. The molecule has 0 spiro atoms. The number of carbonyl (C=O) groups is 1. The van der Waals surface area contributed by atoms with E-state index in [9.17, 15) is 9.18 Å². The molecule has 3 rings (SSSR count). The van der Waals surface area contributed by atoms with Crippen molar-refractivity contribution in [3.63, 3.8) is 0 Å². The molecule has 1 aromatic heterocycles. The third kappa shape index (κ3) is 3.94. The molecule has 2 heterocycles. The molecule has 0 aliphatic carbocycles. The minimum absolute atomic E-state index is 0. The molecule has 25 heavy (non-hydrogen) atoms. The maximum atomic E-state index is 13.3. The molecule has 1 N–H and O–H groups in total. The highest BCUT2D eigenvalue weighted by Crippen LogP contribution is 2.21. The van der Waals surface area contributed by atoms with Crippen molar-refractivity contribution in [2.24, 2.45) is 0 Å². The van der Waals surface area contributed by atoms with E-state index in [0.29, 0.717) is 36.2 Å². The highest BCUT2D eigenvalue weighted by molar-refractivity contribution is 6.30. The first-order chi connectivity index (χ1) is 11.5. The molecule has 1 aliphatic rings. The Morgan fingerprint density at radius 3 is 2.64 bits per heavy atom. The molecular formula is C16H20Cl2FN5O. The van der Waals surface area contributed by atoms with Crippen LogP contribution >= 0.6 is 24.0 Å². The van der Waals surface area contributed by atoms with Gasteiger partial charge in [0.2, 0.25) is 0 Å². The molecule has 1 aromatic carbocycles. The lowest BCUT2D eigenvalue weighted by Crippen LogP contribution is -2.44. The van der Waals surface area contributed by atoms with E-state index < -0.39 is 5.82 Å². The number of benzene rings is 1. The first-order valence-corrected chi connectivity index (χ1v) is 8.23. The molecule has 0 bridgehead atoms. The second-order valence-corrected chi connectivity index (χ2v) is 6.30. The van der Waals surface area contributed by atoms with Crippen LogP contribution in [0.1, 0.15) is 29.0 Å².